The third-order valence-electron chi connectivity index (χ3n) is 6.11. The number of piperidine rings is 1. The zero-order chi connectivity index (χ0) is 23.3. The molecule has 9 heteroatoms. The number of nitrogens with zero attached hydrogens (tertiary/aromatic N) is 5. The number of aromatic nitrogens is 4. The first kappa shape index (κ1) is 22.3. The van der Waals surface area contributed by atoms with Crippen LogP contribution in [0.2, 0.25) is 5.02 Å². The van der Waals surface area contributed by atoms with Crippen molar-refractivity contribution < 1.29 is 9.32 Å². The van der Waals surface area contributed by atoms with Gasteiger partial charge in [-0.1, -0.05) is 41.0 Å². The number of benzene rings is 2. The fourth-order valence-corrected chi connectivity index (χ4v) is 4.37. The van der Waals surface area contributed by atoms with Crippen LogP contribution in [0.25, 0.3) is 17.1 Å². The van der Waals surface area contributed by atoms with Gasteiger partial charge in [0, 0.05) is 36.1 Å². The molecule has 1 fully saturated rings. The highest BCUT2D eigenvalue weighted by molar-refractivity contribution is 6.33. The van der Waals surface area contributed by atoms with Gasteiger partial charge in [-0.25, -0.2) is 4.98 Å². The van der Waals surface area contributed by atoms with Crippen molar-refractivity contribution in [2.75, 3.05) is 13.1 Å². The van der Waals surface area contributed by atoms with Crippen molar-refractivity contribution in [2.45, 2.75) is 25.9 Å². The predicted molar refractivity (Wildman–Crippen MR) is 128 cm³/mol. The number of halogens is 1. The first-order chi connectivity index (χ1) is 16.7. The summed E-state index contributed by atoms with van der Waals surface area (Å²) in [4.78, 5) is 23.5. The summed E-state index contributed by atoms with van der Waals surface area (Å²) in [5.74, 6) is 1.17. The number of carbonyl (C=O) groups is 1. The smallest absolute Gasteiger partial charge is 0.241 e. The number of likely N-dealkylation sites (tertiary alicyclic amines) is 1. The van der Waals surface area contributed by atoms with Gasteiger partial charge in [0.1, 0.15) is 0 Å². The molecule has 8 nitrogen and oxygen atoms in total. The molecule has 0 unspecified atom stereocenters. The predicted octanol–water partition coefficient (Wildman–Crippen LogP) is 4.10. The zero-order valence-electron chi connectivity index (χ0n) is 18.6. The van der Waals surface area contributed by atoms with Gasteiger partial charge < -0.3 is 14.4 Å². The van der Waals surface area contributed by atoms with E-state index in [1.54, 1.807) is 18.6 Å². The maximum Gasteiger partial charge on any atom is 0.241 e. The summed E-state index contributed by atoms with van der Waals surface area (Å²) in [6, 6.07) is 15.5. The molecule has 34 heavy (non-hydrogen) atoms. The summed E-state index contributed by atoms with van der Waals surface area (Å²) in [7, 11) is 0. The Balaban J connectivity index is 1.08. The van der Waals surface area contributed by atoms with E-state index in [0.29, 0.717) is 29.8 Å². The van der Waals surface area contributed by atoms with E-state index in [9.17, 15) is 4.79 Å². The minimum absolute atomic E-state index is 0.0165. The van der Waals surface area contributed by atoms with Crippen molar-refractivity contribution in [3.63, 3.8) is 0 Å². The first-order valence-electron chi connectivity index (χ1n) is 11.3. The lowest BCUT2D eigenvalue weighted by Crippen LogP contribution is -2.40. The standard InChI is InChI=1S/C25H25ClN6O2/c26-22-4-2-1-3-21(22)24-29-23(34-30-24)16-31-12-9-19(10-13-31)25(33)28-15-18-5-7-20(8-6-18)32-14-11-27-17-32/h1-8,11,14,17,19H,9-10,12-13,15-16H2,(H,28,33). The van der Waals surface area contributed by atoms with E-state index in [0.717, 1.165) is 42.7 Å². The van der Waals surface area contributed by atoms with Crippen LogP contribution in [0.5, 0.6) is 0 Å². The molecule has 0 atom stereocenters. The lowest BCUT2D eigenvalue weighted by Gasteiger charge is -2.30. The van der Waals surface area contributed by atoms with Crippen LogP contribution in [0.1, 0.15) is 24.3 Å². The summed E-state index contributed by atoms with van der Waals surface area (Å²) in [5, 5.41) is 7.74. The second-order valence-electron chi connectivity index (χ2n) is 8.40. The molecule has 0 spiro atoms. The Bertz CT molecular complexity index is 1230. The maximum atomic E-state index is 12.7. The molecule has 1 N–H and O–H groups in total. The van der Waals surface area contributed by atoms with Crippen LogP contribution in [0.4, 0.5) is 0 Å². The molecule has 174 valence electrons. The van der Waals surface area contributed by atoms with Gasteiger partial charge in [0.2, 0.25) is 17.6 Å². The fourth-order valence-electron chi connectivity index (χ4n) is 4.15. The van der Waals surface area contributed by atoms with Crippen LogP contribution in [0.15, 0.2) is 71.8 Å². The zero-order valence-corrected chi connectivity index (χ0v) is 19.4. The average Bonchev–Trinajstić information content (AvgIpc) is 3.57. The van der Waals surface area contributed by atoms with E-state index >= 15 is 0 Å². The first-order valence-corrected chi connectivity index (χ1v) is 11.7. The number of rotatable bonds is 7. The Morgan fingerprint density at radius 3 is 2.65 bits per heavy atom. The second kappa shape index (κ2) is 10.2. The highest BCUT2D eigenvalue weighted by Crippen LogP contribution is 2.25. The Morgan fingerprint density at radius 2 is 1.91 bits per heavy atom. The highest BCUT2D eigenvalue weighted by atomic mass is 35.5. The third-order valence-corrected chi connectivity index (χ3v) is 6.44. The Morgan fingerprint density at radius 1 is 1.12 bits per heavy atom. The normalized spacial score (nSPS) is 14.9. The molecule has 0 aliphatic carbocycles. The molecule has 1 amide bonds. The molecule has 2 aromatic carbocycles. The van der Waals surface area contributed by atoms with E-state index in [4.69, 9.17) is 16.1 Å². The van der Waals surface area contributed by atoms with Crippen molar-refractivity contribution in [1.82, 2.24) is 29.9 Å². The average molecular weight is 477 g/mol. The number of imidazole rings is 1. The minimum Gasteiger partial charge on any atom is -0.352 e. The van der Waals surface area contributed by atoms with Crippen molar-refractivity contribution in [3.05, 3.63) is 83.7 Å². The highest BCUT2D eigenvalue weighted by Gasteiger charge is 2.26. The molecule has 1 aliphatic rings. The molecule has 0 radical (unpaired) electrons. The summed E-state index contributed by atoms with van der Waals surface area (Å²) in [5.41, 5.74) is 2.87. The monoisotopic (exact) mass is 476 g/mol. The van der Waals surface area contributed by atoms with Crippen LogP contribution >= 0.6 is 11.6 Å². The Labute approximate surface area is 202 Å². The summed E-state index contributed by atoms with van der Waals surface area (Å²) in [6.45, 7) is 2.70. The maximum absolute atomic E-state index is 12.7. The van der Waals surface area contributed by atoms with Crippen LogP contribution in [-0.4, -0.2) is 43.6 Å². The molecule has 2 aromatic heterocycles. The summed E-state index contributed by atoms with van der Waals surface area (Å²) < 4.78 is 7.37. The number of hydrogen-bond acceptors (Lipinski definition) is 6. The van der Waals surface area contributed by atoms with Gasteiger partial charge in [0.25, 0.3) is 0 Å². The van der Waals surface area contributed by atoms with Crippen LogP contribution in [0.3, 0.4) is 0 Å². The summed E-state index contributed by atoms with van der Waals surface area (Å²) >= 11 is 6.23. The van der Waals surface area contributed by atoms with Crippen LogP contribution in [0, 0.1) is 5.92 Å². The van der Waals surface area contributed by atoms with Gasteiger partial charge in [-0.2, -0.15) is 4.98 Å². The molecular formula is C25H25ClN6O2. The topological polar surface area (TPSA) is 89.1 Å². The van der Waals surface area contributed by atoms with Gasteiger partial charge in [-0.05, 0) is 55.8 Å². The van der Waals surface area contributed by atoms with Crippen LogP contribution in [-0.2, 0) is 17.9 Å². The third kappa shape index (κ3) is 5.18. The largest absolute Gasteiger partial charge is 0.352 e. The second-order valence-corrected chi connectivity index (χ2v) is 8.80. The molecule has 0 saturated carbocycles. The Hall–Kier alpha value is -3.49. The minimum atomic E-state index is 0.0165. The lowest BCUT2D eigenvalue weighted by molar-refractivity contribution is -0.126. The van der Waals surface area contributed by atoms with E-state index < -0.39 is 0 Å². The van der Waals surface area contributed by atoms with Gasteiger partial charge in [0.05, 0.1) is 17.9 Å². The van der Waals surface area contributed by atoms with E-state index in [1.807, 2.05) is 53.2 Å². The SMILES string of the molecule is O=C(NCc1ccc(-n2ccnc2)cc1)C1CCN(Cc2nc(-c3ccccc3Cl)no2)CC1. The van der Waals surface area contributed by atoms with Crippen LogP contribution < -0.4 is 5.32 Å². The molecule has 1 saturated heterocycles. The van der Waals surface area contributed by atoms with Crippen molar-refractivity contribution in [1.29, 1.82) is 0 Å². The van der Waals surface area contributed by atoms with E-state index in [2.05, 4.69) is 25.3 Å². The van der Waals surface area contributed by atoms with Crippen molar-refractivity contribution in [3.8, 4) is 17.1 Å². The molecule has 4 aromatic rings. The molecule has 5 rings (SSSR count). The van der Waals surface area contributed by atoms with Gasteiger partial charge >= 0.3 is 0 Å². The number of nitrogens with one attached hydrogen (secondary N) is 1. The molecule has 1 aliphatic heterocycles. The molecule has 0 bridgehead atoms. The quantitative estimate of drug-likeness (QED) is 0.432. The Kier molecular flexibility index (Phi) is 6.69. The lowest BCUT2D eigenvalue weighted by atomic mass is 9.96. The van der Waals surface area contributed by atoms with Gasteiger partial charge in [-0.15, -0.1) is 0 Å². The number of hydrogen-bond donors (Lipinski definition) is 1. The van der Waals surface area contributed by atoms with Crippen molar-refractivity contribution in [2.24, 2.45) is 5.92 Å². The van der Waals surface area contributed by atoms with E-state index in [1.165, 1.54) is 0 Å². The van der Waals surface area contributed by atoms with Gasteiger partial charge in [0.15, 0.2) is 0 Å². The summed E-state index contributed by atoms with van der Waals surface area (Å²) in [6.07, 6.45) is 7.02. The fraction of sp³-hybridized carbons (Fsp3) is 0.280. The van der Waals surface area contributed by atoms with Crippen molar-refractivity contribution >= 4 is 17.5 Å². The van der Waals surface area contributed by atoms with Gasteiger partial charge in [-0.3, -0.25) is 9.69 Å². The molecular weight excluding hydrogens is 452 g/mol. The number of carbonyl (C=O) groups excluding carboxylic acids is 1. The molecule has 3 heterocycles. The number of amides is 1. The van der Waals surface area contributed by atoms with E-state index in [-0.39, 0.29) is 11.8 Å².